The van der Waals surface area contributed by atoms with Crippen LogP contribution in [0.2, 0.25) is 5.02 Å². The lowest BCUT2D eigenvalue weighted by molar-refractivity contribution is 0.0607. The van der Waals surface area contributed by atoms with Gasteiger partial charge in [0.25, 0.3) is 10.0 Å². The number of ether oxygens (including phenoxy) is 1. The zero-order valence-corrected chi connectivity index (χ0v) is 19.4. The van der Waals surface area contributed by atoms with Crippen LogP contribution in [0.25, 0.3) is 11.1 Å². The van der Waals surface area contributed by atoms with Gasteiger partial charge < -0.3 is 4.74 Å². The topological polar surface area (TPSA) is 72.5 Å². The van der Waals surface area contributed by atoms with Crippen molar-refractivity contribution >= 4 is 44.6 Å². The maximum absolute atomic E-state index is 13.3. The van der Waals surface area contributed by atoms with Crippen molar-refractivity contribution in [3.8, 4) is 11.1 Å². The van der Waals surface area contributed by atoms with Gasteiger partial charge in [0.1, 0.15) is 4.88 Å². The largest absolute Gasteiger partial charge is 0.465 e. The van der Waals surface area contributed by atoms with Crippen molar-refractivity contribution in [3.63, 3.8) is 0 Å². The third kappa shape index (κ3) is 4.69. The van der Waals surface area contributed by atoms with Crippen LogP contribution >= 0.6 is 22.9 Å². The summed E-state index contributed by atoms with van der Waals surface area (Å²) in [6.45, 7) is 6.18. The molecule has 2 aromatic carbocycles. The Morgan fingerprint density at radius 1 is 1.10 bits per heavy atom. The molecule has 0 fully saturated rings. The van der Waals surface area contributed by atoms with Gasteiger partial charge in [-0.1, -0.05) is 50.6 Å². The molecule has 3 aromatic rings. The lowest BCUT2D eigenvalue weighted by atomic mass is 9.85. The van der Waals surface area contributed by atoms with E-state index in [1.807, 2.05) is 12.1 Å². The summed E-state index contributed by atoms with van der Waals surface area (Å²) in [6, 6.07) is 13.9. The number of thiophene rings is 1. The van der Waals surface area contributed by atoms with Crippen LogP contribution in [0.1, 0.15) is 36.0 Å². The van der Waals surface area contributed by atoms with Crippen LogP contribution in [-0.4, -0.2) is 21.5 Å². The molecule has 3 rings (SSSR count). The minimum absolute atomic E-state index is 0.0970. The van der Waals surface area contributed by atoms with Crippen LogP contribution in [-0.2, 0) is 20.2 Å². The Kier molecular flexibility index (Phi) is 6.26. The first-order chi connectivity index (χ1) is 14.0. The molecule has 0 atom stereocenters. The van der Waals surface area contributed by atoms with Crippen LogP contribution < -0.4 is 4.72 Å². The van der Waals surface area contributed by atoms with E-state index in [-0.39, 0.29) is 20.9 Å². The zero-order valence-electron chi connectivity index (χ0n) is 17.0. The fourth-order valence-corrected chi connectivity index (χ4v) is 5.26. The molecule has 8 heteroatoms. The highest BCUT2D eigenvalue weighted by Crippen LogP contribution is 2.35. The van der Waals surface area contributed by atoms with E-state index in [1.165, 1.54) is 13.2 Å². The van der Waals surface area contributed by atoms with E-state index in [0.717, 1.165) is 16.9 Å². The highest BCUT2D eigenvalue weighted by Gasteiger charge is 2.25. The van der Waals surface area contributed by atoms with Gasteiger partial charge in [-0.05, 0) is 52.3 Å². The lowest BCUT2D eigenvalue weighted by Crippen LogP contribution is -2.17. The number of rotatable bonds is 5. The highest BCUT2D eigenvalue weighted by molar-refractivity contribution is 7.92. The second-order valence-corrected chi connectivity index (χ2v) is 10.7. The number of hydrogen-bond acceptors (Lipinski definition) is 5. The lowest BCUT2D eigenvalue weighted by Gasteiger charge is -2.22. The summed E-state index contributed by atoms with van der Waals surface area (Å²) in [7, 11) is -2.74. The van der Waals surface area contributed by atoms with Crippen molar-refractivity contribution < 1.29 is 17.9 Å². The molecule has 1 N–H and O–H groups in total. The molecule has 0 aliphatic heterocycles. The van der Waals surface area contributed by atoms with Crippen LogP contribution in [0.15, 0.2) is 58.8 Å². The van der Waals surface area contributed by atoms with Gasteiger partial charge in [0.2, 0.25) is 0 Å². The number of carbonyl (C=O) groups excluding carboxylic acids is 1. The summed E-state index contributed by atoms with van der Waals surface area (Å²) in [5, 5.41) is 2.14. The molecule has 0 aliphatic rings. The molecule has 1 aromatic heterocycles. The van der Waals surface area contributed by atoms with E-state index in [1.54, 1.807) is 35.7 Å². The fourth-order valence-electron chi connectivity index (χ4n) is 2.95. The molecule has 5 nitrogen and oxygen atoms in total. The van der Waals surface area contributed by atoms with E-state index in [4.69, 9.17) is 16.3 Å². The van der Waals surface area contributed by atoms with Crippen LogP contribution in [0.4, 0.5) is 5.69 Å². The minimum Gasteiger partial charge on any atom is -0.465 e. The number of carbonyl (C=O) groups is 1. The maximum atomic E-state index is 13.3. The molecule has 0 aliphatic carbocycles. The Balaban J connectivity index is 2.15. The van der Waals surface area contributed by atoms with E-state index in [0.29, 0.717) is 16.1 Å². The summed E-state index contributed by atoms with van der Waals surface area (Å²) in [6.07, 6.45) is 0. The smallest absolute Gasteiger partial charge is 0.350 e. The van der Waals surface area contributed by atoms with Gasteiger partial charge >= 0.3 is 5.97 Å². The number of esters is 1. The Hall–Kier alpha value is -2.35. The number of anilines is 1. The number of hydrogen-bond donors (Lipinski definition) is 1. The van der Waals surface area contributed by atoms with Crippen molar-refractivity contribution in [1.29, 1.82) is 0 Å². The predicted molar refractivity (Wildman–Crippen MR) is 122 cm³/mol. The molecular weight excluding hydrogens is 442 g/mol. The van der Waals surface area contributed by atoms with Crippen molar-refractivity contribution in [1.82, 2.24) is 0 Å². The van der Waals surface area contributed by atoms with Gasteiger partial charge in [-0.25, -0.2) is 13.2 Å². The molecule has 1 heterocycles. The predicted octanol–water partition coefficient (Wildman–Crippen LogP) is 5.95. The average Bonchev–Trinajstić information content (AvgIpc) is 3.13. The summed E-state index contributed by atoms with van der Waals surface area (Å²) in [4.78, 5) is 12.2. The van der Waals surface area contributed by atoms with Gasteiger partial charge in [0.15, 0.2) is 0 Å². The average molecular weight is 464 g/mol. The van der Waals surface area contributed by atoms with Crippen molar-refractivity contribution in [2.24, 2.45) is 0 Å². The van der Waals surface area contributed by atoms with Crippen molar-refractivity contribution in [2.75, 3.05) is 11.8 Å². The Bertz CT molecular complexity index is 1190. The Labute approximate surface area is 185 Å². The summed E-state index contributed by atoms with van der Waals surface area (Å²) < 4.78 is 33.9. The number of nitrogens with one attached hydrogen (secondary N) is 1. The van der Waals surface area contributed by atoms with Crippen molar-refractivity contribution in [3.05, 3.63) is 69.4 Å². The molecule has 0 unspecified atom stereocenters. The van der Waals surface area contributed by atoms with Crippen molar-refractivity contribution in [2.45, 2.75) is 31.1 Å². The van der Waals surface area contributed by atoms with Gasteiger partial charge in [0.05, 0.1) is 17.7 Å². The summed E-state index contributed by atoms with van der Waals surface area (Å²) >= 11 is 7.27. The van der Waals surface area contributed by atoms with Crippen LogP contribution in [0.3, 0.4) is 0 Å². The molecule has 158 valence electrons. The minimum atomic E-state index is -4.00. The fraction of sp³-hybridized carbons (Fsp3) is 0.227. The zero-order chi connectivity index (χ0) is 22.1. The number of halogens is 1. The van der Waals surface area contributed by atoms with E-state index in [2.05, 4.69) is 25.5 Å². The first-order valence-electron chi connectivity index (χ1n) is 9.12. The second kappa shape index (κ2) is 8.41. The van der Waals surface area contributed by atoms with Gasteiger partial charge in [0, 0.05) is 10.6 Å². The molecule has 0 radical (unpaired) electrons. The van der Waals surface area contributed by atoms with Gasteiger partial charge in [-0.2, -0.15) is 0 Å². The monoisotopic (exact) mass is 463 g/mol. The van der Waals surface area contributed by atoms with Crippen LogP contribution in [0.5, 0.6) is 0 Å². The van der Waals surface area contributed by atoms with Gasteiger partial charge in [-0.3, -0.25) is 4.72 Å². The van der Waals surface area contributed by atoms with E-state index < -0.39 is 16.0 Å². The molecule has 0 amide bonds. The summed E-state index contributed by atoms with van der Waals surface area (Å²) in [5.41, 5.74) is 2.22. The third-order valence-electron chi connectivity index (χ3n) is 4.55. The molecule has 0 saturated carbocycles. The normalized spacial score (nSPS) is 11.9. The molecule has 0 bridgehead atoms. The Morgan fingerprint density at radius 3 is 2.47 bits per heavy atom. The second-order valence-electron chi connectivity index (χ2n) is 7.73. The maximum Gasteiger partial charge on any atom is 0.350 e. The molecule has 30 heavy (non-hydrogen) atoms. The van der Waals surface area contributed by atoms with E-state index >= 15 is 0 Å². The first-order valence-corrected chi connectivity index (χ1v) is 11.9. The third-order valence-corrected chi connectivity index (χ3v) is 7.10. The molecular formula is C22H22ClNO4S2. The highest BCUT2D eigenvalue weighted by atomic mass is 35.5. The Morgan fingerprint density at radius 2 is 1.83 bits per heavy atom. The molecule has 0 saturated heterocycles. The first kappa shape index (κ1) is 22.3. The SMILES string of the molecule is COC(=O)c1sccc1NS(=O)(=O)c1ccc(C(C)(C)C)cc1-c1cccc(Cl)c1. The van der Waals surface area contributed by atoms with Crippen LogP contribution in [0, 0.1) is 0 Å². The number of methoxy groups -OCH3 is 1. The quantitative estimate of drug-likeness (QED) is 0.474. The standard InChI is InChI=1S/C22H22ClNO4S2/c1-22(2,3)15-8-9-19(17(13-15)14-6-5-7-16(23)12-14)30(26,27)24-18-10-11-29-20(18)21(25)28-4/h5-13,24H,1-4H3. The van der Waals surface area contributed by atoms with Gasteiger partial charge in [-0.15, -0.1) is 11.3 Å². The number of sulfonamides is 1. The molecule has 0 spiro atoms. The number of benzene rings is 2. The summed E-state index contributed by atoms with van der Waals surface area (Å²) in [5.74, 6) is -0.596. The van der Waals surface area contributed by atoms with E-state index in [9.17, 15) is 13.2 Å².